The summed E-state index contributed by atoms with van der Waals surface area (Å²) in [7, 11) is 3.89. The number of benzene rings is 1. The molecule has 3 nitrogen and oxygen atoms in total. The van der Waals surface area contributed by atoms with Crippen LogP contribution in [-0.4, -0.2) is 16.8 Å². The average molecular weight is 294 g/mol. The van der Waals surface area contributed by atoms with Crippen LogP contribution in [0.2, 0.25) is 0 Å². The fraction of sp³-hybridized carbons (Fsp3) is 0.308. The Bertz CT molecular complexity index is 519. The van der Waals surface area contributed by atoms with E-state index in [-0.39, 0.29) is 6.04 Å². The van der Waals surface area contributed by atoms with Crippen LogP contribution in [0.3, 0.4) is 0 Å². The number of aromatic nitrogens is 2. The normalized spacial score (nSPS) is 12.7. The van der Waals surface area contributed by atoms with Gasteiger partial charge in [0.25, 0.3) is 0 Å². The first-order chi connectivity index (χ1) is 8.13. The molecule has 90 valence electrons. The minimum Gasteiger partial charge on any atom is -0.308 e. The third-order valence-electron chi connectivity index (χ3n) is 2.94. The van der Waals surface area contributed by atoms with Crippen LogP contribution in [0.15, 0.2) is 34.9 Å². The number of nitrogens with zero attached hydrogens (tertiary/aromatic N) is 2. The van der Waals surface area contributed by atoms with Crippen LogP contribution >= 0.6 is 15.9 Å². The molecule has 17 heavy (non-hydrogen) atoms. The summed E-state index contributed by atoms with van der Waals surface area (Å²) in [6, 6.07) is 8.43. The first kappa shape index (κ1) is 12.3. The minimum atomic E-state index is 0.133. The van der Waals surface area contributed by atoms with Gasteiger partial charge in [-0.25, -0.2) is 0 Å². The maximum atomic E-state index is 4.47. The topological polar surface area (TPSA) is 29.9 Å². The maximum Gasteiger partial charge on any atom is 0.0839 e. The zero-order valence-electron chi connectivity index (χ0n) is 10.2. The van der Waals surface area contributed by atoms with Crippen LogP contribution in [0.25, 0.3) is 0 Å². The molecule has 2 rings (SSSR count). The molecule has 0 saturated carbocycles. The van der Waals surface area contributed by atoms with Gasteiger partial charge in [-0.1, -0.05) is 28.1 Å². The molecule has 1 unspecified atom stereocenters. The second-order valence-electron chi connectivity index (χ2n) is 4.09. The molecule has 0 saturated heterocycles. The molecule has 0 bridgehead atoms. The minimum absolute atomic E-state index is 0.133. The van der Waals surface area contributed by atoms with Crippen molar-refractivity contribution in [1.29, 1.82) is 0 Å². The van der Waals surface area contributed by atoms with E-state index in [1.165, 1.54) is 11.1 Å². The monoisotopic (exact) mass is 293 g/mol. The Hall–Kier alpha value is -1.13. The Morgan fingerprint density at radius 1 is 1.35 bits per heavy atom. The van der Waals surface area contributed by atoms with Crippen molar-refractivity contribution in [3.8, 4) is 0 Å². The van der Waals surface area contributed by atoms with Crippen LogP contribution in [0.1, 0.15) is 22.9 Å². The Balaban J connectivity index is 2.45. The molecule has 0 aliphatic carbocycles. The Labute approximate surface area is 110 Å². The van der Waals surface area contributed by atoms with Gasteiger partial charge in [0.15, 0.2) is 0 Å². The zero-order valence-corrected chi connectivity index (χ0v) is 11.8. The standard InChI is InChI=1S/C13H16BrN3/c1-9-10(5-4-6-11(9)14)13(15-2)12-7-8-17(3)16-12/h4-8,13,15H,1-3H3. The van der Waals surface area contributed by atoms with E-state index in [1.54, 1.807) is 0 Å². The molecule has 0 aliphatic heterocycles. The first-order valence-corrected chi connectivity index (χ1v) is 6.34. The molecule has 1 aromatic heterocycles. The molecule has 4 heteroatoms. The summed E-state index contributed by atoms with van der Waals surface area (Å²) >= 11 is 3.57. The van der Waals surface area contributed by atoms with Gasteiger partial charge >= 0.3 is 0 Å². The lowest BCUT2D eigenvalue weighted by molar-refractivity contribution is 0.639. The molecule has 0 spiro atoms. The van der Waals surface area contributed by atoms with Gasteiger partial charge in [0.1, 0.15) is 0 Å². The number of aryl methyl sites for hydroxylation is 1. The van der Waals surface area contributed by atoms with Crippen molar-refractivity contribution in [3.05, 3.63) is 51.8 Å². The third-order valence-corrected chi connectivity index (χ3v) is 3.80. The molecular formula is C13H16BrN3. The molecule has 0 aliphatic rings. The second-order valence-corrected chi connectivity index (χ2v) is 4.94. The average Bonchev–Trinajstić information content (AvgIpc) is 2.72. The van der Waals surface area contributed by atoms with E-state index in [1.807, 2.05) is 31.0 Å². The summed E-state index contributed by atoms with van der Waals surface area (Å²) in [4.78, 5) is 0. The van der Waals surface area contributed by atoms with Crippen molar-refractivity contribution in [2.75, 3.05) is 7.05 Å². The maximum absolute atomic E-state index is 4.47. The summed E-state index contributed by atoms with van der Waals surface area (Å²) < 4.78 is 2.96. The fourth-order valence-corrected chi connectivity index (χ4v) is 2.37. The number of rotatable bonds is 3. The Morgan fingerprint density at radius 2 is 2.12 bits per heavy atom. The van der Waals surface area contributed by atoms with E-state index < -0.39 is 0 Å². The van der Waals surface area contributed by atoms with Crippen LogP contribution in [0.5, 0.6) is 0 Å². The van der Waals surface area contributed by atoms with Crippen molar-refractivity contribution in [2.24, 2.45) is 7.05 Å². The van der Waals surface area contributed by atoms with Crippen LogP contribution in [-0.2, 0) is 7.05 Å². The molecule has 0 radical (unpaired) electrons. The van der Waals surface area contributed by atoms with Crippen LogP contribution in [0.4, 0.5) is 0 Å². The molecule has 2 aromatic rings. The predicted octanol–water partition coefficient (Wildman–Crippen LogP) is 2.80. The summed E-state index contributed by atoms with van der Waals surface area (Å²) in [5, 5.41) is 7.79. The smallest absolute Gasteiger partial charge is 0.0839 e. The molecule has 1 heterocycles. The van der Waals surface area contributed by atoms with Crippen molar-refractivity contribution in [3.63, 3.8) is 0 Å². The third kappa shape index (κ3) is 2.42. The summed E-state index contributed by atoms with van der Waals surface area (Å²) in [6.07, 6.45) is 1.97. The van der Waals surface area contributed by atoms with Crippen LogP contribution in [0, 0.1) is 6.92 Å². The van der Waals surface area contributed by atoms with Gasteiger partial charge < -0.3 is 5.32 Å². The summed E-state index contributed by atoms with van der Waals surface area (Å²) in [5.41, 5.74) is 3.54. The highest BCUT2D eigenvalue weighted by molar-refractivity contribution is 9.10. The highest BCUT2D eigenvalue weighted by Crippen LogP contribution is 2.27. The van der Waals surface area contributed by atoms with Gasteiger partial charge in [0.2, 0.25) is 0 Å². The lowest BCUT2D eigenvalue weighted by Crippen LogP contribution is -2.19. The molecule has 0 fully saturated rings. The molecule has 1 atom stereocenters. The number of hydrogen-bond acceptors (Lipinski definition) is 2. The summed E-state index contributed by atoms with van der Waals surface area (Å²) in [6.45, 7) is 2.12. The van der Waals surface area contributed by atoms with Crippen molar-refractivity contribution >= 4 is 15.9 Å². The fourth-order valence-electron chi connectivity index (χ4n) is 1.99. The van der Waals surface area contributed by atoms with Gasteiger partial charge in [-0.05, 0) is 37.2 Å². The largest absolute Gasteiger partial charge is 0.308 e. The number of hydrogen-bond donors (Lipinski definition) is 1. The van der Waals surface area contributed by atoms with E-state index >= 15 is 0 Å². The number of halogens is 1. The van der Waals surface area contributed by atoms with Crippen molar-refractivity contribution in [2.45, 2.75) is 13.0 Å². The quantitative estimate of drug-likeness (QED) is 0.943. The van der Waals surface area contributed by atoms with E-state index in [2.05, 4.69) is 51.5 Å². The van der Waals surface area contributed by atoms with E-state index in [0.717, 1.165) is 10.2 Å². The highest BCUT2D eigenvalue weighted by atomic mass is 79.9. The SMILES string of the molecule is CNC(c1ccn(C)n1)c1cccc(Br)c1C. The van der Waals surface area contributed by atoms with Crippen molar-refractivity contribution in [1.82, 2.24) is 15.1 Å². The molecule has 1 aromatic carbocycles. The Morgan fingerprint density at radius 3 is 2.71 bits per heavy atom. The molecular weight excluding hydrogens is 278 g/mol. The Kier molecular flexibility index (Phi) is 3.64. The lowest BCUT2D eigenvalue weighted by Gasteiger charge is -2.17. The van der Waals surface area contributed by atoms with Gasteiger partial charge in [-0.3, -0.25) is 4.68 Å². The molecule has 1 N–H and O–H groups in total. The van der Waals surface area contributed by atoms with Gasteiger partial charge in [0.05, 0.1) is 11.7 Å². The number of nitrogens with one attached hydrogen (secondary N) is 1. The highest BCUT2D eigenvalue weighted by Gasteiger charge is 2.17. The molecule has 0 amide bonds. The first-order valence-electron chi connectivity index (χ1n) is 5.55. The zero-order chi connectivity index (χ0) is 12.4. The predicted molar refractivity (Wildman–Crippen MR) is 73.0 cm³/mol. The van der Waals surface area contributed by atoms with Crippen LogP contribution < -0.4 is 5.32 Å². The second kappa shape index (κ2) is 5.02. The van der Waals surface area contributed by atoms with Gasteiger partial charge in [-0.2, -0.15) is 5.10 Å². The van der Waals surface area contributed by atoms with Crippen molar-refractivity contribution < 1.29 is 0 Å². The van der Waals surface area contributed by atoms with E-state index in [4.69, 9.17) is 0 Å². The van der Waals surface area contributed by atoms with E-state index in [0.29, 0.717) is 0 Å². The van der Waals surface area contributed by atoms with Gasteiger partial charge in [-0.15, -0.1) is 0 Å². The van der Waals surface area contributed by atoms with E-state index in [9.17, 15) is 0 Å². The lowest BCUT2D eigenvalue weighted by atomic mass is 9.99. The summed E-state index contributed by atoms with van der Waals surface area (Å²) in [5.74, 6) is 0. The van der Waals surface area contributed by atoms with Gasteiger partial charge in [0, 0.05) is 17.7 Å².